The summed E-state index contributed by atoms with van der Waals surface area (Å²) in [4.78, 5) is 41.0. The fourth-order valence-electron chi connectivity index (χ4n) is 2.83. The minimum Gasteiger partial charge on any atom is -0.420 e. The number of amides is 2. The van der Waals surface area contributed by atoms with Crippen LogP contribution >= 0.6 is 22.9 Å². The molecule has 0 aliphatic rings. The van der Waals surface area contributed by atoms with Crippen molar-refractivity contribution in [3.05, 3.63) is 62.9 Å². The van der Waals surface area contributed by atoms with Gasteiger partial charge in [0.1, 0.15) is 33.4 Å². The summed E-state index contributed by atoms with van der Waals surface area (Å²) in [5.41, 5.74) is -0.828. The predicted octanol–water partition coefficient (Wildman–Crippen LogP) is 4.10. The number of hydrogen-bond donors (Lipinski definition) is 2. The van der Waals surface area contributed by atoms with E-state index in [-0.39, 0.29) is 28.0 Å². The van der Waals surface area contributed by atoms with Gasteiger partial charge in [0.2, 0.25) is 5.89 Å². The van der Waals surface area contributed by atoms with E-state index in [4.69, 9.17) is 16.0 Å². The van der Waals surface area contributed by atoms with E-state index in [2.05, 4.69) is 40.8 Å². The van der Waals surface area contributed by atoms with Crippen LogP contribution in [0.15, 0.2) is 35.3 Å². The average molecular weight is 539 g/mol. The van der Waals surface area contributed by atoms with Crippen molar-refractivity contribution in [3.63, 3.8) is 0 Å². The van der Waals surface area contributed by atoms with Crippen LogP contribution in [-0.4, -0.2) is 41.9 Å². The first-order valence-corrected chi connectivity index (χ1v) is 11.1. The summed E-state index contributed by atoms with van der Waals surface area (Å²) >= 11 is 6.48. The Hall–Kier alpha value is -3.98. The number of hydrogen-bond acceptors (Lipinski definition) is 10. The van der Waals surface area contributed by atoms with Gasteiger partial charge in [-0.2, -0.15) is 13.2 Å². The van der Waals surface area contributed by atoms with Gasteiger partial charge in [0.15, 0.2) is 0 Å². The maximum Gasteiger partial charge on any atom is 0.418 e. The molecule has 0 bridgehead atoms. The first-order chi connectivity index (χ1) is 17.0. The lowest BCUT2D eigenvalue weighted by Gasteiger charge is -2.11. The minimum atomic E-state index is -4.71. The van der Waals surface area contributed by atoms with Gasteiger partial charge in [-0.05, 0) is 13.0 Å². The Balaban J connectivity index is 1.43. The molecular weight excluding hydrogens is 525 g/mol. The highest BCUT2D eigenvalue weighted by atomic mass is 35.5. The molecule has 0 saturated heterocycles. The number of rotatable bonds is 6. The van der Waals surface area contributed by atoms with Gasteiger partial charge in [-0.1, -0.05) is 11.6 Å². The van der Waals surface area contributed by atoms with Gasteiger partial charge in [-0.25, -0.2) is 19.9 Å². The van der Waals surface area contributed by atoms with Crippen molar-refractivity contribution in [1.29, 1.82) is 0 Å². The molecule has 0 aromatic carbocycles. The third-order valence-corrected chi connectivity index (χ3v) is 5.99. The van der Waals surface area contributed by atoms with E-state index in [1.165, 1.54) is 18.6 Å². The van der Waals surface area contributed by atoms with Crippen LogP contribution in [0.5, 0.6) is 0 Å². The molecule has 4 aromatic rings. The summed E-state index contributed by atoms with van der Waals surface area (Å²) in [5, 5.41) is 12.3. The molecule has 0 aliphatic carbocycles. The molecular formula is C20H14ClF3N8O3S. The van der Waals surface area contributed by atoms with E-state index in [0.29, 0.717) is 17.0 Å². The number of halogens is 4. The van der Waals surface area contributed by atoms with Gasteiger partial charge < -0.3 is 15.1 Å². The Kier molecular flexibility index (Phi) is 6.94. The molecule has 4 rings (SSSR count). The van der Waals surface area contributed by atoms with Crippen LogP contribution in [0.2, 0.25) is 5.02 Å². The third-order valence-electron chi connectivity index (χ3n) is 4.51. The number of nitrogens with zero attached hydrogens (tertiary/aromatic N) is 6. The van der Waals surface area contributed by atoms with E-state index in [1.54, 1.807) is 13.8 Å². The van der Waals surface area contributed by atoms with E-state index in [1.807, 2.05) is 0 Å². The molecule has 4 heterocycles. The van der Waals surface area contributed by atoms with Gasteiger partial charge in [0.05, 0.1) is 22.8 Å². The molecule has 11 nitrogen and oxygen atoms in total. The molecule has 2 N–H and O–H groups in total. The highest BCUT2D eigenvalue weighted by Crippen LogP contribution is 2.35. The number of aromatic nitrogens is 6. The Morgan fingerprint density at radius 3 is 2.56 bits per heavy atom. The van der Waals surface area contributed by atoms with Crippen molar-refractivity contribution in [3.8, 4) is 11.6 Å². The Morgan fingerprint density at radius 1 is 1.08 bits per heavy atom. The van der Waals surface area contributed by atoms with E-state index in [0.717, 1.165) is 17.5 Å². The second-order valence-electron chi connectivity index (χ2n) is 7.17. The first-order valence-electron chi connectivity index (χ1n) is 9.94. The predicted molar refractivity (Wildman–Crippen MR) is 120 cm³/mol. The number of aryl methyl sites for hydroxylation is 1. The van der Waals surface area contributed by atoms with E-state index >= 15 is 0 Å². The lowest BCUT2D eigenvalue weighted by Crippen LogP contribution is -2.27. The van der Waals surface area contributed by atoms with Crippen molar-refractivity contribution in [2.24, 2.45) is 0 Å². The molecule has 0 fully saturated rings. The van der Waals surface area contributed by atoms with Crippen LogP contribution in [0.4, 0.5) is 19.0 Å². The summed E-state index contributed by atoms with van der Waals surface area (Å²) in [5.74, 6) is -1.14. The number of pyridine rings is 1. The summed E-state index contributed by atoms with van der Waals surface area (Å²) in [6.45, 7) is 3.25. The zero-order valence-corrected chi connectivity index (χ0v) is 19.9. The fourth-order valence-corrected chi connectivity index (χ4v) is 3.85. The second-order valence-corrected chi connectivity index (χ2v) is 8.64. The molecule has 1 atom stereocenters. The van der Waals surface area contributed by atoms with Crippen LogP contribution in [0.1, 0.15) is 49.6 Å². The van der Waals surface area contributed by atoms with Crippen LogP contribution in [-0.2, 0) is 6.18 Å². The van der Waals surface area contributed by atoms with Crippen molar-refractivity contribution < 1.29 is 27.2 Å². The van der Waals surface area contributed by atoms with Gasteiger partial charge >= 0.3 is 6.18 Å². The standard InChI is InChI=1S/C20H14ClF3N8O3S/c1-8(29-16(33)12-4-13(28-7-27-12)18-32-31-9(2)35-18)19-26-6-14(36-19)17(34)30-15-3-10(20(22,23)24)11(21)5-25-15/h3-8H,1-2H3,(H,29,33)(H,25,30,34)/t8-/m1/s1. The normalized spacial score (nSPS) is 12.3. The van der Waals surface area contributed by atoms with Gasteiger partial charge in [-0.15, -0.1) is 21.5 Å². The molecule has 0 aliphatic heterocycles. The third kappa shape index (κ3) is 5.63. The molecule has 0 radical (unpaired) electrons. The monoisotopic (exact) mass is 538 g/mol. The van der Waals surface area contributed by atoms with Gasteiger partial charge in [-0.3, -0.25) is 9.59 Å². The maximum absolute atomic E-state index is 13.0. The van der Waals surface area contributed by atoms with E-state index < -0.39 is 34.6 Å². The maximum atomic E-state index is 13.0. The second kappa shape index (κ2) is 9.94. The van der Waals surface area contributed by atoms with Crippen molar-refractivity contribution in [1.82, 2.24) is 35.5 Å². The smallest absolute Gasteiger partial charge is 0.418 e. The molecule has 0 unspecified atom stereocenters. The Morgan fingerprint density at radius 2 is 1.86 bits per heavy atom. The van der Waals surface area contributed by atoms with Crippen LogP contribution in [0.3, 0.4) is 0 Å². The molecule has 16 heteroatoms. The number of nitrogens with one attached hydrogen (secondary N) is 2. The largest absolute Gasteiger partial charge is 0.420 e. The lowest BCUT2D eigenvalue weighted by molar-refractivity contribution is -0.137. The molecule has 2 amide bonds. The Labute approximate surface area is 209 Å². The Bertz CT molecular complexity index is 1440. The average Bonchev–Trinajstić information content (AvgIpc) is 3.49. The summed E-state index contributed by atoms with van der Waals surface area (Å²) < 4.78 is 44.4. The fraction of sp³-hybridized carbons (Fsp3) is 0.200. The SMILES string of the molecule is Cc1nnc(-c2cc(C(=O)N[C@H](C)c3ncc(C(=O)Nc4cc(C(F)(F)F)c(Cl)cn4)s3)ncn2)o1. The zero-order valence-electron chi connectivity index (χ0n) is 18.3. The highest BCUT2D eigenvalue weighted by molar-refractivity contribution is 7.13. The molecule has 0 saturated carbocycles. The molecule has 186 valence electrons. The van der Waals surface area contributed by atoms with Crippen molar-refractivity contribution in [2.45, 2.75) is 26.1 Å². The number of carbonyl (C=O) groups excluding carboxylic acids is 2. The molecule has 0 spiro atoms. The van der Waals surface area contributed by atoms with E-state index in [9.17, 15) is 22.8 Å². The first kappa shape index (κ1) is 25.1. The summed E-state index contributed by atoms with van der Waals surface area (Å²) in [6, 6.07) is 1.39. The van der Waals surface area contributed by atoms with Gasteiger partial charge in [0.25, 0.3) is 17.7 Å². The zero-order chi connectivity index (χ0) is 26.0. The number of alkyl halides is 3. The van der Waals surface area contributed by atoms with Crippen LogP contribution in [0, 0.1) is 6.92 Å². The number of carbonyl (C=O) groups is 2. The van der Waals surface area contributed by atoms with Crippen LogP contribution in [0.25, 0.3) is 11.6 Å². The van der Waals surface area contributed by atoms with Crippen molar-refractivity contribution in [2.75, 3.05) is 5.32 Å². The molecule has 4 aromatic heterocycles. The van der Waals surface area contributed by atoms with Crippen LogP contribution < -0.4 is 10.6 Å². The summed E-state index contributed by atoms with van der Waals surface area (Å²) in [6.07, 6.45) is -1.50. The van der Waals surface area contributed by atoms with Crippen molar-refractivity contribution >= 4 is 40.6 Å². The molecule has 36 heavy (non-hydrogen) atoms. The topological polar surface area (TPSA) is 149 Å². The lowest BCUT2D eigenvalue weighted by atomic mass is 10.2. The van der Waals surface area contributed by atoms with Gasteiger partial charge in [0, 0.05) is 19.2 Å². The summed E-state index contributed by atoms with van der Waals surface area (Å²) in [7, 11) is 0. The number of thiazole rings is 1. The quantitative estimate of drug-likeness (QED) is 0.370. The highest BCUT2D eigenvalue weighted by Gasteiger charge is 2.34. The minimum absolute atomic E-state index is 0.0338. The number of anilines is 1.